The molecule has 5 aliphatic rings. The van der Waals surface area contributed by atoms with Gasteiger partial charge in [0.05, 0.1) is 18.8 Å². The number of halogens is 3. The van der Waals surface area contributed by atoms with Gasteiger partial charge in [0.1, 0.15) is 0 Å². The molecule has 6 nitrogen and oxygen atoms in total. The number of ether oxygens (including phenoxy) is 1. The van der Waals surface area contributed by atoms with Gasteiger partial charge in [0.15, 0.2) is 5.69 Å². The predicted molar refractivity (Wildman–Crippen MR) is 98.2 cm³/mol. The molecule has 0 aromatic carbocycles. The molecule has 6 rings (SSSR count). The average Bonchev–Trinajstić information content (AvgIpc) is 2.69. The Labute approximate surface area is 167 Å². The van der Waals surface area contributed by atoms with Crippen LogP contribution in [0.1, 0.15) is 48.2 Å². The second-order valence-electron chi connectivity index (χ2n) is 8.96. The van der Waals surface area contributed by atoms with E-state index in [0.29, 0.717) is 25.0 Å². The Kier molecular flexibility index (Phi) is 4.68. The van der Waals surface area contributed by atoms with Gasteiger partial charge in [0.2, 0.25) is 5.95 Å². The van der Waals surface area contributed by atoms with Crippen LogP contribution in [-0.2, 0) is 10.9 Å². The van der Waals surface area contributed by atoms with Crippen LogP contribution in [0, 0.1) is 23.7 Å². The number of carbonyl (C=O) groups is 1. The Hall–Kier alpha value is -1.90. The van der Waals surface area contributed by atoms with Gasteiger partial charge in [-0.05, 0) is 55.8 Å². The Morgan fingerprint density at radius 3 is 2.28 bits per heavy atom. The molecule has 4 bridgehead atoms. The maximum atomic E-state index is 13.7. The molecule has 1 aromatic rings. The monoisotopic (exact) mass is 410 g/mol. The lowest BCUT2D eigenvalue weighted by molar-refractivity contribution is -0.141. The third-order valence-electron chi connectivity index (χ3n) is 7.11. The van der Waals surface area contributed by atoms with E-state index in [-0.39, 0.29) is 25.1 Å². The number of anilines is 1. The van der Waals surface area contributed by atoms with Gasteiger partial charge in [0, 0.05) is 25.3 Å². The van der Waals surface area contributed by atoms with Crippen molar-refractivity contribution in [3.63, 3.8) is 0 Å². The quantitative estimate of drug-likeness (QED) is 0.829. The van der Waals surface area contributed by atoms with E-state index < -0.39 is 23.3 Å². The number of amides is 1. The summed E-state index contributed by atoms with van der Waals surface area (Å²) < 4.78 is 46.3. The maximum Gasteiger partial charge on any atom is 0.434 e. The first-order valence-corrected chi connectivity index (χ1v) is 10.5. The van der Waals surface area contributed by atoms with Crippen molar-refractivity contribution in [1.29, 1.82) is 0 Å². The van der Waals surface area contributed by atoms with Gasteiger partial charge in [-0.25, -0.2) is 9.97 Å². The van der Waals surface area contributed by atoms with Gasteiger partial charge in [-0.2, -0.15) is 13.2 Å². The van der Waals surface area contributed by atoms with Crippen molar-refractivity contribution in [3.8, 4) is 0 Å². The highest BCUT2D eigenvalue weighted by molar-refractivity contribution is 5.95. The topological polar surface area (TPSA) is 67.4 Å². The van der Waals surface area contributed by atoms with Crippen LogP contribution < -0.4 is 5.32 Å². The highest BCUT2D eigenvalue weighted by Gasteiger charge is 2.48. The Morgan fingerprint density at radius 1 is 1.07 bits per heavy atom. The largest absolute Gasteiger partial charge is 0.434 e. The number of morpholine rings is 1. The van der Waals surface area contributed by atoms with Gasteiger partial charge in [0.25, 0.3) is 5.91 Å². The summed E-state index contributed by atoms with van der Waals surface area (Å²) in [6, 6.07) is 0.129. The van der Waals surface area contributed by atoms with E-state index >= 15 is 0 Å². The number of carbonyl (C=O) groups excluding carboxylic acids is 1. The third kappa shape index (κ3) is 3.58. The molecule has 4 saturated carbocycles. The molecule has 29 heavy (non-hydrogen) atoms. The molecule has 0 unspecified atom stereocenters. The molecule has 0 atom stereocenters. The van der Waals surface area contributed by atoms with E-state index in [9.17, 15) is 18.0 Å². The van der Waals surface area contributed by atoms with E-state index in [2.05, 4.69) is 15.3 Å². The van der Waals surface area contributed by atoms with Crippen molar-refractivity contribution in [2.24, 2.45) is 23.7 Å². The minimum atomic E-state index is -4.72. The summed E-state index contributed by atoms with van der Waals surface area (Å²) in [5.74, 6) is 1.80. The first-order chi connectivity index (χ1) is 13.9. The molecule has 1 saturated heterocycles. The molecule has 2 heterocycles. The number of hydrogen-bond acceptors (Lipinski definition) is 5. The molecule has 1 N–H and O–H groups in total. The Morgan fingerprint density at radius 2 is 1.69 bits per heavy atom. The standard InChI is InChI=1S/C20H25F3N4O2/c21-20(22,23)17-15(18(28)27-1-3-29-4-2-27)10-24-19(26-17)25-16-13-6-11-5-12(8-13)9-14(16)7-11/h10-14,16H,1-9H2,(H,24,25,26). The van der Waals surface area contributed by atoms with Crippen LogP contribution in [0.4, 0.5) is 19.1 Å². The minimum Gasteiger partial charge on any atom is -0.378 e. The summed E-state index contributed by atoms with van der Waals surface area (Å²) >= 11 is 0. The lowest BCUT2D eigenvalue weighted by Crippen LogP contribution is -2.51. The van der Waals surface area contributed by atoms with Crippen molar-refractivity contribution >= 4 is 11.9 Å². The van der Waals surface area contributed by atoms with Crippen LogP contribution >= 0.6 is 0 Å². The van der Waals surface area contributed by atoms with Crippen LogP contribution in [-0.4, -0.2) is 53.1 Å². The number of aromatic nitrogens is 2. The van der Waals surface area contributed by atoms with Crippen LogP contribution in [0.3, 0.4) is 0 Å². The first-order valence-electron chi connectivity index (χ1n) is 10.5. The molecule has 1 amide bonds. The summed E-state index contributed by atoms with van der Waals surface area (Å²) in [7, 11) is 0. The van der Waals surface area contributed by atoms with Crippen LogP contribution in [0.2, 0.25) is 0 Å². The van der Waals surface area contributed by atoms with Crippen molar-refractivity contribution in [2.45, 2.75) is 44.3 Å². The molecular weight excluding hydrogens is 385 g/mol. The van der Waals surface area contributed by atoms with E-state index in [0.717, 1.165) is 43.7 Å². The molecule has 4 aliphatic carbocycles. The van der Waals surface area contributed by atoms with Crippen molar-refractivity contribution in [2.75, 3.05) is 31.6 Å². The molecule has 0 spiro atoms. The average molecular weight is 410 g/mol. The van der Waals surface area contributed by atoms with E-state index in [4.69, 9.17) is 4.74 Å². The van der Waals surface area contributed by atoms with Gasteiger partial charge in [-0.1, -0.05) is 0 Å². The number of alkyl halides is 3. The highest BCUT2D eigenvalue weighted by atomic mass is 19.4. The Bertz CT molecular complexity index is 766. The first kappa shape index (κ1) is 19.1. The molecule has 5 fully saturated rings. The van der Waals surface area contributed by atoms with Crippen molar-refractivity contribution in [1.82, 2.24) is 14.9 Å². The SMILES string of the molecule is O=C(c1cnc(NC2C3CC4CC(C3)CC2C4)nc1C(F)(F)F)N1CCOCC1. The summed E-state index contributed by atoms with van der Waals surface area (Å²) in [6.45, 7) is 1.17. The predicted octanol–water partition coefficient (Wildman–Crippen LogP) is 3.20. The molecule has 1 aliphatic heterocycles. The fourth-order valence-corrected chi connectivity index (χ4v) is 6.07. The summed E-state index contributed by atoms with van der Waals surface area (Å²) in [5, 5.41) is 3.22. The second kappa shape index (κ2) is 7.11. The molecule has 0 radical (unpaired) electrons. The zero-order chi connectivity index (χ0) is 20.2. The zero-order valence-electron chi connectivity index (χ0n) is 16.1. The van der Waals surface area contributed by atoms with E-state index in [1.807, 2.05) is 0 Å². The maximum absolute atomic E-state index is 13.7. The fraction of sp³-hybridized carbons (Fsp3) is 0.750. The molecule has 9 heteroatoms. The molecular formula is C20H25F3N4O2. The van der Waals surface area contributed by atoms with Gasteiger partial charge >= 0.3 is 6.18 Å². The minimum absolute atomic E-state index is 0.0201. The third-order valence-corrected chi connectivity index (χ3v) is 7.11. The van der Waals surface area contributed by atoms with E-state index in [1.54, 1.807) is 0 Å². The lowest BCUT2D eigenvalue weighted by atomic mass is 9.54. The van der Waals surface area contributed by atoms with Crippen molar-refractivity contribution < 1.29 is 22.7 Å². The van der Waals surface area contributed by atoms with E-state index in [1.165, 1.54) is 11.3 Å². The number of nitrogens with zero attached hydrogens (tertiary/aromatic N) is 3. The van der Waals surface area contributed by atoms with Crippen LogP contribution in [0.15, 0.2) is 6.20 Å². The number of nitrogens with one attached hydrogen (secondary N) is 1. The molecule has 158 valence electrons. The summed E-state index contributed by atoms with van der Waals surface area (Å²) in [4.78, 5) is 21.9. The van der Waals surface area contributed by atoms with Gasteiger partial charge in [-0.15, -0.1) is 0 Å². The number of rotatable bonds is 3. The van der Waals surface area contributed by atoms with Crippen LogP contribution in [0.5, 0.6) is 0 Å². The summed E-state index contributed by atoms with van der Waals surface area (Å²) in [6.07, 6.45) is 2.20. The lowest BCUT2D eigenvalue weighted by Gasteiger charge is -2.54. The van der Waals surface area contributed by atoms with Gasteiger partial charge in [-0.3, -0.25) is 4.79 Å². The number of hydrogen-bond donors (Lipinski definition) is 1. The normalized spacial score (nSPS) is 33.8. The summed E-state index contributed by atoms with van der Waals surface area (Å²) in [5.41, 5.74) is -1.65. The second-order valence-corrected chi connectivity index (χ2v) is 8.96. The van der Waals surface area contributed by atoms with Gasteiger partial charge < -0.3 is 15.0 Å². The van der Waals surface area contributed by atoms with Crippen molar-refractivity contribution in [3.05, 3.63) is 17.5 Å². The van der Waals surface area contributed by atoms with Crippen LogP contribution in [0.25, 0.3) is 0 Å². The molecule has 1 aromatic heterocycles. The fourth-order valence-electron chi connectivity index (χ4n) is 6.07. The zero-order valence-corrected chi connectivity index (χ0v) is 16.1. The Balaban J connectivity index is 1.39. The smallest absolute Gasteiger partial charge is 0.378 e. The highest BCUT2D eigenvalue weighted by Crippen LogP contribution is 2.54.